The van der Waals surface area contributed by atoms with Gasteiger partial charge in [-0.05, 0) is 25.5 Å². The number of nitrogens with zero attached hydrogens (tertiary/aromatic N) is 1. The number of hydrogen-bond donors (Lipinski definition) is 2. The van der Waals surface area contributed by atoms with Gasteiger partial charge in [0.2, 0.25) is 5.88 Å². The SMILES string of the molecule is CCCC[C@H](NC(=O)c1cccnc1OCC)C(=O)O. The smallest absolute Gasteiger partial charge is 0.326 e. The van der Waals surface area contributed by atoms with E-state index in [9.17, 15) is 9.59 Å². The van der Waals surface area contributed by atoms with Gasteiger partial charge >= 0.3 is 5.97 Å². The largest absolute Gasteiger partial charge is 0.480 e. The zero-order valence-electron chi connectivity index (χ0n) is 11.8. The number of aliphatic carboxylic acids is 1. The van der Waals surface area contributed by atoms with Crippen LogP contribution < -0.4 is 10.1 Å². The average Bonchev–Trinajstić information content (AvgIpc) is 2.43. The number of unbranched alkanes of at least 4 members (excludes halogenated alkanes) is 1. The maximum Gasteiger partial charge on any atom is 0.326 e. The second-order valence-corrected chi connectivity index (χ2v) is 4.30. The van der Waals surface area contributed by atoms with Gasteiger partial charge in [0.15, 0.2) is 0 Å². The van der Waals surface area contributed by atoms with Crippen LogP contribution in [0.25, 0.3) is 0 Å². The molecule has 0 saturated carbocycles. The second kappa shape index (κ2) is 8.14. The summed E-state index contributed by atoms with van der Waals surface area (Å²) in [6.45, 7) is 4.14. The van der Waals surface area contributed by atoms with E-state index in [1.54, 1.807) is 19.1 Å². The molecule has 1 amide bonds. The molecule has 0 aliphatic heterocycles. The second-order valence-electron chi connectivity index (χ2n) is 4.30. The highest BCUT2D eigenvalue weighted by molar-refractivity contribution is 5.98. The summed E-state index contributed by atoms with van der Waals surface area (Å²) in [5.41, 5.74) is 0.247. The number of aromatic nitrogens is 1. The molecule has 6 nitrogen and oxygen atoms in total. The van der Waals surface area contributed by atoms with E-state index in [0.29, 0.717) is 13.0 Å². The normalized spacial score (nSPS) is 11.7. The topological polar surface area (TPSA) is 88.5 Å². The van der Waals surface area contributed by atoms with E-state index in [2.05, 4.69) is 10.3 Å². The summed E-state index contributed by atoms with van der Waals surface area (Å²) in [4.78, 5) is 27.2. The van der Waals surface area contributed by atoms with Crippen molar-refractivity contribution in [3.63, 3.8) is 0 Å². The van der Waals surface area contributed by atoms with Crippen LogP contribution >= 0.6 is 0 Å². The molecule has 1 atom stereocenters. The quantitative estimate of drug-likeness (QED) is 0.758. The number of carboxylic acids is 1. The number of carbonyl (C=O) groups is 2. The first-order valence-electron chi connectivity index (χ1n) is 6.71. The Bertz CT molecular complexity index is 462. The van der Waals surface area contributed by atoms with Crippen LogP contribution in [-0.4, -0.2) is 34.6 Å². The molecule has 0 aliphatic rings. The van der Waals surface area contributed by atoms with Gasteiger partial charge in [0.25, 0.3) is 5.91 Å². The average molecular weight is 280 g/mol. The molecular weight excluding hydrogens is 260 g/mol. The molecular formula is C14H20N2O4. The molecule has 110 valence electrons. The minimum atomic E-state index is -1.03. The number of carboxylic acid groups (broad SMARTS) is 1. The van der Waals surface area contributed by atoms with Crippen LogP contribution in [0.1, 0.15) is 43.5 Å². The van der Waals surface area contributed by atoms with Crippen molar-refractivity contribution in [1.82, 2.24) is 10.3 Å². The Morgan fingerprint density at radius 1 is 1.45 bits per heavy atom. The fourth-order valence-corrected chi connectivity index (χ4v) is 1.72. The van der Waals surface area contributed by atoms with Gasteiger partial charge < -0.3 is 15.2 Å². The Labute approximate surface area is 118 Å². The molecule has 6 heteroatoms. The van der Waals surface area contributed by atoms with Gasteiger partial charge in [-0.15, -0.1) is 0 Å². The van der Waals surface area contributed by atoms with Crippen LogP contribution in [0.4, 0.5) is 0 Å². The highest BCUT2D eigenvalue weighted by Crippen LogP contribution is 2.14. The van der Waals surface area contributed by atoms with Crippen molar-refractivity contribution in [2.24, 2.45) is 0 Å². The monoisotopic (exact) mass is 280 g/mol. The number of pyridine rings is 1. The number of ether oxygens (including phenoxy) is 1. The first kappa shape index (κ1) is 15.9. The molecule has 0 bridgehead atoms. The summed E-state index contributed by atoms with van der Waals surface area (Å²) in [6.07, 6.45) is 3.54. The summed E-state index contributed by atoms with van der Waals surface area (Å²) in [7, 11) is 0. The number of carbonyl (C=O) groups excluding carboxylic acids is 1. The lowest BCUT2D eigenvalue weighted by Crippen LogP contribution is -2.40. The summed E-state index contributed by atoms with van der Waals surface area (Å²) in [6, 6.07) is 2.28. The third kappa shape index (κ3) is 4.53. The minimum absolute atomic E-state index is 0.215. The number of hydrogen-bond acceptors (Lipinski definition) is 4. The third-order valence-corrected chi connectivity index (χ3v) is 2.75. The molecule has 0 fully saturated rings. The van der Waals surface area contributed by atoms with Gasteiger partial charge in [-0.3, -0.25) is 4.79 Å². The third-order valence-electron chi connectivity index (χ3n) is 2.75. The Hall–Kier alpha value is -2.11. The van der Waals surface area contributed by atoms with Crippen LogP contribution in [0.5, 0.6) is 5.88 Å². The lowest BCUT2D eigenvalue weighted by atomic mass is 10.1. The summed E-state index contributed by atoms with van der Waals surface area (Å²) in [5, 5.41) is 11.6. The van der Waals surface area contributed by atoms with Crippen LogP contribution in [0.3, 0.4) is 0 Å². The Kier molecular flexibility index (Phi) is 6.49. The van der Waals surface area contributed by atoms with Gasteiger partial charge in [-0.25, -0.2) is 9.78 Å². The van der Waals surface area contributed by atoms with Gasteiger partial charge in [-0.1, -0.05) is 19.8 Å². The van der Waals surface area contributed by atoms with E-state index in [1.165, 1.54) is 6.20 Å². The van der Waals surface area contributed by atoms with Crippen molar-refractivity contribution >= 4 is 11.9 Å². The van der Waals surface area contributed by atoms with E-state index in [-0.39, 0.29) is 11.4 Å². The molecule has 0 radical (unpaired) electrons. The highest BCUT2D eigenvalue weighted by atomic mass is 16.5. The predicted octanol–water partition coefficient (Wildman–Crippen LogP) is 1.85. The molecule has 0 aromatic carbocycles. The van der Waals surface area contributed by atoms with Crippen molar-refractivity contribution in [3.05, 3.63) is 23.9 Å². The van der Waals surface area contributed by atoms with E-state index < -0.39 is 17.9 Å². The fraction of sp³-hybridized carbons (Fsp3) is 0.500. The molecule has 1 aromatic heterocycles. The highest BCUT2D eigenvalue weighted by Gasteiger charge is 2.22. The maximum atomic E-state index is 12.1. The van der Waals surface area contributed by atoms with Gasteiger partial charge in [-0.2, -0.15) is 0 Å². The van der Waals surface area contributed by atoms with Crippen LogP contribution in [0, 0.1) is 0 Å². The lowest BCUT2D eigenvalue weighted by Gasteiger charge is -2.15. The van der Waals surface area contributed by atoms with E-state index in [1.807, 2.05) is 6.92 Å². The molecule has 1 rings (SSSR count). The van der Waals surface area contributed by atoms with Gasteiger partial charge in [0.1, 0.15) is 11.6 Å². The Morgan fingerprint density at radius 2 is 2.20 bits per heavy atom. The molecule has 2 N–H and O–H groups in total. The number of nitrogens with one attached hydrogen (secondary N) is 1. The number of amides is 1. The molecule has 0 spiro atoms. The van der Waals surface area contributed by atoms with Crippen molar-refractivity contribution in [1.29, 1.82) is 0 Å². The van der Waals surface area contributed by atoms with E-state index in [0.717, 1.165) is 12.8 Å². The minimum Gasteiger partial charge on any atom is -0.480 e. The maximum absolute atomic E-state index is 12.1. The standard InChI is InChI=1S/C14H20N2O4/c1-3-5-8-11(14(18)19)16-12(17)10-7-6-9-15-13(10)20-4-2/h6-7,9,11H,3-5,8H2,1-2H3,(H,16,17)(H,18,19)/t11-/m0/s1. The van der Waals surface area contributed by atoms with Crippen molar-refractivity contribution in [2.75, 3.05) is 6.61 Å². The van der Waals surface area contributed by atoms with Crippen molar-refractivity contribution < 1.29 is 19.4 Å². The predicted molar refractivity (Wildman–Crippen MR) is 73.8 cm³/mol. The summed E-state index contributed by atoms with van der Waals surface area (Å²) < 4.78 is 5.26. The molecule has 1 aromatic rings. The van der Waals surface area contributed by atoms with Crippen molar-refractivity contribution in [3.8, 4) is 5.88 Å². The number of rotatable bonds is 8. The molecule has 0 aliphatic carbocycles. The first-order chi connectivity index (χ1) is 9.60. The Morgan fingerprint density at radius 3 is 2.80 bits per heavy atom. The summed E-state index contributed by atoms with van der Waals surface area (Å²) >= 11 is 0. The van der Waals surface area contributed by atoms with Gasteiger partial charge in [0.05, 0.1) is 6.61 Å². The molecule has 1 heterocycles. The van der Waals surface area contributed by atoms with E-state index in [4.69, 9.17) is 9.84 Å². The molecule has 20 heavy (non-hydrogen) atoms. The van der Waals surface area contributed by atoms with Gasteiger partial charge in [0, 0.05) is 6.20 Å². The zero-order chi connectivity index (χ0) is 15.0. The van der Waals surface area contributed by atoms with Crippen LogP contribution in [0.15, 0.2) is 18.3 Å². The lowest BCUT2D eigenvalue weighted by molar-refractivity contribution is -0.139. The zero-order valence-corrected chi connectivity index (χ0v) is 11.8. The fourth-order valence-electron chi connectivity index (χ4n) is 1.72. The van der Waals surface area contributed by atoms with Crippen LogP contribution in [-0.2, 0) is 4.79 Å². The van der Waals surface area contributed by atoms with Crippen LogP contribution in [0.2, 0.25) is 0 Å². The Balaban J connectivity index is 2.80. The van der Waals surface area contributed by atoms with Crippen molar-refractivity contribution in [2.45, 2.75) is 39.2 Å². The molecule has 0 saturated heterocycles. The molecule has 0 unspecified atom stereocenters. The van der Waals surface area contributed by atoms with E-state index >= 15 is 0 Å². The summed E-state index contributed by atoms with van der Waals surface area (Å²) in [5.74, 6) is -1.30. The first-order valence-corrected chi connectivity index (χ1v) is 6.71.